The van der Waals surface area contributed by atoms with Gasteiger partial charge in [0, 0.05) is 38.6 Å². The minimum absolute atomic E-state index is 0. The summed E-state index contributed by atoms with van der Waals surface area (Å²) in [6, 6.07) is 1.83. The first kappa shape index (κ1) is 18.0. The van der Waals surface area contributed by atoms with E-state index in [0.29, 0.717) is 0 Å². The third-order valence-corrected chi connectivity index (χ3v) is 2.74. The third kappa shape index (κ3) is 5.66. The van der Waals surface area contributed by atoms with E-state index in [2.05, 4.69) is 27.0 Å². The van der Waals surface area contributed by atoms with Gasteiger partial charge in [-0.15, -0.1) is 24.8 Å². The highest BCUT2D eigenvalue weighted by atomic mass is 35.5. The van der Waals surface area contributed by atoms with Crippen molar-refractivity contribution in [1.82, 2.24) is 15.2 Å². The zero-order chi connectivity index (χ0) is 11.9. The number of halogens is 2. The second-order valence-electron chi connectivity index (χ2n) is 3.90. The Morgan fingerprint density at radius 1 is 1.37 bits per heavy atom. The van der Waals surface area contributed by atoms with Crippen molar-refractivity contribution in [1.29, 1.82) is 0 Å². The Kier molecular flexibility index (Phi) is 9.36. The number of nitrogens with one attached hydrogen (secondary N) is 1. The van der Waals surface area contributed by atoms with E-state index in [1.165, 1.54) is 0 Å². The molecule has 0 spiro atoms. The zero-order valence-electron chi connectivity index (χ0n) is 10.9. The highest BCUT2D eigenvalue weighted by Crippen LogP contribution is 2.13. The van der Waals surface area contributed by atoms with Gasteiger partial charge >= 0.3 is 0 Å². The highest BCUT2D eigenvalue weighted by Gasteiger charge is 2.06. The van der Waals surface area contributed by atoms with Crippen LogP contribution in [-0.4, -0.2) is 49.7 Å². The van der Waals surface area contributed by atoms with Crippen LogP contribution in [0.1, 0.15) is 5.56 Å². The lowest BCUT2D eigenvalue weighted by Gasteiger charge is -2.24. The van der Waals surface area contributed by atoms with E-state index in [1.54, 1.807) is 19.5 Å². The first-order valence-corrected chi connectivity index (χ1v) is 5.80. The van der Waals surface area contributed by atoms with Gasteiger partial charge in [-0.3, -0.25) is 9.88 Å². The summed E-state index contributed by atoms with van der Waals surface area (Å²) in [6.07, 6.45) is 3.45. The molecule has 1 aromatic heterocycles. The second-order valence-corrected chi connectivity index (χ2v) is 3.90. The molecule has 0 aromatic carbocycles. The Morgan fingerprint density at radius 3 is 2.79 bits per heavy atom. The smallest absolute Gasteiger partial charge is 0.137 e. The zero-order valence-corrected chi connectivity index (χ0v) is 12.5. The van der Waals surface area contributed by atoms with Crippen molar-refractivity contribution in [2.45, 2.75) is 0 Å². The molecule has 0 saturated carbocycles. The number of hydrogen-bond donors (Lipinski definition) is 1. The summed E-state index contributed by atoms with van der Waals surface area (Å²) >= 11 is 0. The van der Waals surface area contributed by atoms with Crippen LogP contribution in [0.2, 0.25) is 0 Å². The fourth-order valence-electron chi connectivity index (χ4n) is 1.77. The largest absolute Gasteiger partial charge is 0.495 e. The van der Waals surface area contributed by atoms with Crippen molar-refractivity contribution in [3.63, 3.8) is 0 Å². The van der Waals surface area contributed by atoms with E-state index < -0.39 is 0 Å². The number of hydrogen-bond acceptors (Lipinski definition) is 4. The summed E-state index contributed by atoms with van der Waals surface area (Å²) in [5.74, 6) is 7.07. The number of pyridine rings is 1. The highest BCUT2D eigenvalue weighted by molar-refractivity contribution is 5.85. The molecule has 106 valence electrons. The SMILES string of the molecule is COc1ccncc1C#CCN1CCNCC1.Cl.Cl. The number of nitrogens with zero attached hydrogens (tertiary/aromatic N) is 2. The molecule has 0 amide bonds. The molecule has 6 heteroatoms. The second kappa shape index (κ2) is 9.88. The van der Waals surface area contributed by atoms with Crippen molar-refractivity contribution in [2.75, 3.05) is 39.8 Å². The molecule has 0 atom stereocenters. The van der Waals surface area contributed by atoms with Gasteiger partial charge in [0.25, 0.3) is 0 Å². The van der Waals surface area contributed by atoms with E-state index in [-0.39, 0.29) is 24.8 Å². The molecule has 2 heterocycles. The van der Waals surface area contributed by atoms with Gasteiger partial charge in [0.05, 0.1) is 19.2 Å². The van der Waals surface area contributed by atoms with Gasteiger partial charge in [-0.25, -0.2) is 0 Å². The molecule has 0 radical (unpaired) electrons. The predicted molar refractivity (Wildman–Crippen MR) is 81.5 cm³/mol. The van der Waals surface area contributed by atoms with Crippen LogP contribution in [0.25, 0.3) is 0 Å². The molecule has 1 saturated heterocycles. The molecule has 2 rings (SSSR count). The molecular formula is C13H19Cl2N3O. The molecule has 0 bridgehead atoms. The average Bonchev–Trinajstić information content (AvgIpc) is 2.40. The van der Waals surface area contributed by atoms with E-state index in [1.807, 2.05) is 6.07 Å². The number of piperazine rings is 1. The lowest BCUT2D eigenvalue weighted by Crippen LogP contribution is -2.43. The Morgan fingerprint density at radius 2 is 2.11 bits per heavy atom. The summed E-state index contributed by atoms with van der Waals surface area (Å²) in [6.45, 7) is 5.05. The molecule has 4 nitrogen and oxygen atoms in total. The summed E-state index contributed by atoms with van der Waals surface area (Å²) in [4.78, 5) is 6.39. The van der Waals surface area contributed by atoms with E-state index in [0.717, 1.165) is 44.0 Å². The topological polar surface area (TPSA) is 37.4 Å². The van der Waals surface area contributed by atoms with Crippen LogP contribution >= 0.6 is 24.8 Å². The molecule has 1 aromatic rings. The van der Waals surface area contributed by atoms with Crippen LogP contribution in [0.4, 0.5) is 0 Å². The summed E-state index contributed by atoms with van der Waals surface area (Å²) in [5, 5.41) is 3.32. The molecule has 0 unspecified atom stereocenters. The quantitative estimate of drug-likeness (QED) is 0.833. The van der Waals surface area contributed by atoms with E-state index in [9.17, 15) is 0 Å². The van der Waals surface area contributed by atoms with Crippen LogP contribution in [0, 0.1) is 11.8 Å². The van der Waals surface area contributed by atoms with E-state index >= 15 is 0 Å². The minimum Gasteiger partial charge on any atom is -0.495 e. The van der Waals surface area contributed by atoms with Gasteiger partial charge in [-0.2, -0.15) is 0 Å². The summed E-state index contributed by atoms with van der Waals surface area (Å²) < 4.78 is 5.22. The van der Waals surface area contributed by atoms with Crippen molar-refractivity contribution >= 4 is 24.8 Å². The monoisotopic (exact) mass is 303 g/mol. The predicted octanol–water partition coefficient (Wildman–Crippen LogP) is 1.19. The van der Waals surface area contributed by atoms with Gasteiger partial charge in [-0.05, 0) is 6.07 Å². The summed E-state index contributed by atoms with van der Waals surface area (Å²) in [7, 11) is 1.65. The average molecular weight is 304 g/mol. The van der Waals surface area contributed by atoms with Crippen LogP contribution in [0.3, 0.4) is 0 Å². The van der Waals surface area contributed by atoms with Crippen LogP contribution < -0.4 is 10.1 Å². The number of ether oxygens (including phenoxy) is 1. The number of aromatic nitrogens is 1. The fourth-order valence-corrected chi connectivity index (χ4v) is 1.77. The first-order valence-electron chi connectivity index (χ1n) is 5.80. The van der Waals surface area contributed by atoms with Gasteiger partial charge < -0.3 is 10.1 Å². The van der Waals surface area contributed by atoms with E-state index in [4.69, 9.17) is 4.74 Å². The van der Waals surface area contributed by atoms with Crippen molar-refractivity contribution in [2.24, 2.45) is 0 Å². The molecule has 1 aliphatic heterocycles. The molecule has 0 aliphatic carbocycles. The fraction of sp³-hybridized carbons (Fsp3) is 0.462. The Labute approximate surface area is 126 Å². The molecule has 19 heavy (non-hydrogen) atoms. The van der Waals surface area contributed by atoms with Crippen molar-refractivity contribution < 1.29 is 4.74 Å². The maximum atomic E-state index is 5.22. The van der Waals surface area contributed by atoms with Crippen molar-refractivity contribution in [3.05, 3.63) is 24.0 Å². The number of methoxy groups -OCH3 is 1. The van der Waals surface area contributed by atoms with Gasteiger partial charge in [0.1, 0.15) is 5.75 Å². The van der Waals surface area contributed by atoms with Crippen molar-refractivity contribution in [3.8, 4) is 17.6 Å². The first-order chi connectivity index (χ1) is 8.40. The lowest BCUT2D eigenvalue weighted by molar-refractivity contribution is 0.268. The molecular weight excluding hydrogens is 285 g/mol. The van der Waals surface area contributed by atoms with Crippen LogP contribution in [-0.2, 0) is 0 Å². The minimum atomic E-state index is 0. The van der Waals surface area contributed by atoms with Crippen LogP contribution in [0.15, 0.2) is 18.5 Å². The lowest BCUT2D eigenvalue weighted by atomic mass is 10.2. The summed E-state index contributed by atoms with van der Waals surface area (Å²) in [5.41, 5.74) is 0.852. The van der Waals surface area contributed by atoms with Gasteiger partial charge in [0.15, 0.2) is 0 Å². The number of rotatable bonds is 2. The normalized spacial score (nSPS) is 14.4. The Balaban J connectivity index is 0.00000162. The maximum Gasteiger partial charge on any atom is 0.137 e. The molecule has 1 fully saturated rings. The van der Waals surface area contributed by atoms with Gasteiger partial charge in [0.2, 0.25) is 0 Å². The molecule has 1 aliphatic rings. The third-order valence-electron chi connectivity index (χ3n) is 2.74. The Hall–Kier alpha value is -0.990. The molecule has 1 N–H and O–H groups in total. The maximum absolute atomic E-state index is 5.22. The van der Waals surface area contributed by atoms with Gasteiger partial charge in [-0.1, -0.05) is 11.8 Å². The standard InChI is InChI=1S/C13H17N3O.2ClH/c1-17-13-4-5-15-11-12(13)3-2-8-16-9-6-14-7-10-16;;/h4-5,11,14H,6-10H2,1H3;2*1H. The van der Waals surface area contributed by atoms with Crippen LogP contribution in [0.5, 0.6) is 5.75 Å². The Bertz CT molecular complexity index is 425.